The number of hydrogen-bond acceptors (Lipinski definition) is 4. The molecule has 0 amide bonds. The van der Waals surface area contributed by atoms with Crippen molar-refractivity contribution in [1.29, 1.82) is 5.41 Å². The van der Waals surface area contributed by atoms with Crippen LogP contribution >= 0.6 is 0 Å². The van der Waals surface area contributed by atoms with Gasteiger partial charge in [-0.25, -0.2) is 4.58 Å². The molecule has 0 bridgehead atoms. The third-order valence-corrected chi connectivity index (χ3v) is 4.96. The van der Waals surface area contributed by atoms with Gasteiger partial charge in [-0.1, -0.05) is 12.1 Å². The summed E-state index contributed by atoms with van der Waals surface area (Å²) in [7, 11) is 2.00. The second-order valence-corrected chi connectivity index (χ2v) is 6.53. The van der Waals surface area contributed by atoms with Gasteiger partial charge in [-0.15, -0.1) is 0 Å². The fourth-order valence-electron chi connectivity index (χ4n) is 3.64. The molecule has 0 saturated carbocycles. The van der Waals surface area contributed by atoms with Gasteiger partial charge in [0.25, 0.3) is 5.69 Å². The van der Waals surface area contributed by atoms with Gasteiger partial charge < -0.3 is 9.98 Å². The van der Waals surface area contributed by atoms with Crippen molar-refractivity contribution in [2.24, 2.45) is 0 Å². The lowest BCUT2D eigenvalue weighted by Crippen LogP contribution is -2.36. The van der Waals surface area contributed by atoms with Crippen molar-refractivity contribution in [3.63, 3.8) is 0 Å². The third-order valence-electron chi connectivity index (χ3n) is 4.96. The van der Waals surface area contributed by atoms with E-state index in [2.05, 4.69) is 4.58 Å². The van der Waals surface area contributed by atoms with Crippen molar-refractivity contribution in [2.45, 2.75) is 19.4 Å². The zero-order valence-electron chi connectivity index (χ0n) is 13.8. The molecule has 2 heterocycles. The summed E-state index contributed by atoms with van der Waals surface area (Å²) in [5, 5.41) is 18.8. The topological polar surface area (TPSA) is 92.0 Å². The van der Waals surface area contributed by atoms with E-state index in [0.717, 1.165) is 35.4 Å². The zero-order valence-corrected chi connectivity index (χ0v) is 13.8. The highest BCUT2D eigenvalue weighted by Gasteiger charge is 2.39. The molecule has 0 radical (unpaired) electrons. The molecule has 1 N–H and O–H groups in total. The van der Waals surface area contributed by atoms with Crippen LogP contribution in [0.1, 0.15) is 33.6 Å². The van der Waals surface area contributed by atoms with Crippen LogP contribution in [0.4, 0.5) is 5.69 Å². The average Bonchev–Trinajstić information content (AvgIpc) is 2.95. The molecule has 7 heteroatoms. The maximum Gasteiger partial charge on any atom is 0.269 e. The summed E-state index contributed by atoms with van der Waals surface area (Å²) in [6.07, 6.45) is 3.25. The number of non-ortho nitro benzene ring substituents is 1. The van der Waals surface area contributed by atoms with Gasteiger partial charge in [0.05, 0.1) is 22.6 Å². The Morgan fingerprint density at radius 3 is 2.72 bits per heavy atom. The van der Waals surface area contributed by atoms with E-state index in [4.69, 9.17) is 5.41 Å². The minimum atomic E-state index is -0.427. The Kier molecular flexibility index (Phi) is 3.38. The maximum absolute atomic E-state index is 12.6. The highest BCUT2D eigenvalue weighted by molar-refractivity contribution is 6.51. The summed E-state index contributed by atoms with van der Waals surface area (Å²) in [5.41, 5.74) is 4.80. The van der Waals surface area contributed by atoms with Crippen LogP contribution in [0.3, 0.4) is 0 Å². The first-order valence-electron chi connectivity index (χ1n) is 8.10. The number of rotatable bonds is 3. The number of Topliss-reactive ketones (excluding diaryl/α,β-unsaturated/α-hetero) is 1. The molecule has 1 aliphatic heterocycles. The van der Waals surface area contributed by atoms with Crippen LogP contribution in [-0.2, 0) is 13.0 Å². The van der Waals surface area contributed by atoms with Gasteiger partial charge in [0.1, 0.15) is 19.3 Å². The first kappa shape index (κ1) is 15.4. The van der Waals surface area contributed by atoms with Gasteiger partial charge in [-0.05, 0) is 11.1 Å². The highest BCUT2D eigenvalue weighted by atomic mass is 16.6. The number of benzene rings is 1. The fraction of sp³-hybridized carbons (Fsp3) is 0.278. The van der Waals surface area contributed by atoms with Crippen LogP contribution in [0.2, 0.25) is 0 Å². The lowest BCUT2D eigenvalue weighted by Gasteiger charge is -2.19. The molecule has 0 saturated heterocycles. The number of nitrogens with one attached hydrogen (secondary N) is 1. The van der Waals surface area contributed by atoms with E-state index in [1.807, 2.05) is 17.8 Å². The summed E-state index contributed by atoms with van der Waals surface area (Å²) in [5.74, 6) is -0.220. The minimum Gasteiger partial charge on any atom is -0.339 e. The van der Waals surface area contributed by atoms with Crippen molar-refractivity contribution in [2.75, 3.05) is 13.6 Å². The zero-order chi connectivity index (χ0) is 17.7. The molecule has 126 valence electrons. The molecule has 4 rings (SSSR count). The lowest BCUT2D eigenvalue weighted by molar-refractivity contribution is -0.498. The smallest absolute Gasteiger partial charge is 0.269 e. The van der Waals surface area contributed by atoms with E-state index in [9.17, 15) is 14.9 Å². The molecule has 7 nitrogen and oxygen atoms in total. The van der Waals surface area contributed by atoms with Crippen LogP contribution in [0.5, 0.6) is 0 Å². The minimum absolute atomic E-state index is 0.0481. The van der Waals surface area contributed by atoms with E-state index in [-0.39, 0.29) is 17.2 Å². The SMILES string of the molecule is C[N+]1=C2CC(=N)C(=O)c3c2c(cn3Cc2ccc([N+](=O)[O-])cc2)CC1. The van der Waals surface area contributed by atoms with Crippen molar-refractivity contribution in [3.05, 3.63) is 63.0 Å². The largest absolute Gasteiger partial charge is 0.339 e. The summed E-state index contributed by atoms with van der Waals surface area (Å²) in [4.78, 5) is 23.0. The number of nitro groups is 1. The Morgan fingerprint density at radius 2 is 2.04 bits per heavy atom. The molecule has 25 heavy (non-hydrogen) atoms. The predicted octanol–water partition coefficient (Wildman–Crippen LogP) is 2.04. The third kappa shape index (κ3) is 2.39. The monoisotopic (exact) mass is 337 g/mol. The molecule has 0 spiro atoms. The van der Waals surface area contributed by atoms with Crippen LogP contribution in [0.15, 0.2) is 30.5 Å². The van der Waals surface area contributed by atoms with Gasteiger partial charge in [0.15, 0.2) is 5.71 Å². The van der Waals surface area contributed by atoms with Crippen LogP contribution in [0, 0.1) is 15.5 Å². The molecule has 1 aromatic carbocycles. The Morgan fingerprint density at radius 1 is 1.32 bits per heavy atom. The van der Waals surface area contributed by atoms with E-state index in [1.165, 1.54) is 12.1 Å². The van der Waals surface area contributed by atoms with Crippen molar-refractivity contribution < 1.29 is 14.3 Å². The number of hydrogen-bond donors (Lipinski definition) is 1. The fourth-order valence-corrected chi connectivity index (χ4v) is 3.64. The maximum atomic E-state index is 12.6. The van der Waals surface area contributed by atoms with E-state index in [0.29, 0.717) is 18.7 Å². The number of likely N-dealkylation sites (N-methyl/N-ethyl adjacent to an activating group) is 1. The number of nitrogens with zero attached hydrogens (tertiary/aromatic N) is 3. The Hall–Kier alpha value is -3.09. The Bertz CT molecular complexity index is 967. The molecule has 0 unspecified atom stereocenters. The summed E-state index contributed by atoms with van der Waals surface area (Å²) >= 11 is 0. The number of nitro benzene ring substituents is 1. The second kappa shape index (κ2) is 5.47. The molecular formula is C18H17N4O3+. The van der Waals surface area contributed by atoms with E-state index < -0.39 is 4.92 Å². The molecule has 1 aliphatic carbocycles. The van der Waals surface area contributed by atoms with Crippen LogP contribution in [0.25, 0.3) is 0 Å². The Balaban J connectivity index is 1.78. The lowest BCUT2D eigenvalue weighted by atomic mass is 9.87. The average molecular weight is 337 g/mol. The van der Waals surface area contributed by atoms with Gasteiger partial charge in [-0.3, -0.25) is 14.9 Å². The van der Waals surface area contributed by atoms with Crippen LogP contribution in [-0.4, -0.2) is 44.9 Å². The quantitative estimate of drug-likeness (QED) is 0.528. The highest BCUT2D eigenvalue weighted by Crippen LogP contribution is 2.29. The molecule has 0 fully saturated rings. The Labute approximate surface area is 143 Å². The van der Waals surface area contributed by atoms with E-state index >= 15 is 0 Å². The van der Waals surface area contributed by atoms with Gasteiger partial charge in [-0.2, -0.15) is 0 Å². The number of carbonyl (C=O) groups excluding carboxylic acids is 1. The summed E-state index contributed by atoms with van der Waals surface area (Å²) in [6.45, 7) is 1.33. The van der Waals surface area contributed by atoms with Crippen LogP contribution < -0.4 is 0 Å². The number of ketones is 1. The molecule has 2 aromatic rings. The number of aromatic nitrogens is 1. The number of carbonyl (C=O) groups is 1. The summed E-state index contributed by atoms with van der Waals surface area (Å²) < 4.78 is 4.02. The van der Waals surface area contributed by atoms with Crippen molar-refractivity contribution in [1.82, 2.24) is 4.57 Å². The standard InChI is InChI=1S/C18H17N4O3/c1-20-7-6-12-10-21(9-11-2-4-13(5-3-11)22(24)25)17-16(12)15(20)8-14(19)18(17)23/h2-5,10,19H,6-9H2,1H3/q+1. The molecule has 2 aliphatic rings. The van der Waals surface area contributed by atoms with Crippen molar-refractivity contribution in [3.8, 4) is 0 Å². The second-order valence-electron chi connectivity index (χ2n) is 6.53. The van der Waals surface area contributed by atoms with E-state index in [1.54, 1.807) is 12.1 Å². The van der Waals surface area contributed by atoms with Crippen molar-refractivity contribution >= 4 is 22.9 Å². The molecule has 0 atom stereocenters. The predicted molar refractivity (Wildman–Crippen MR) is 92.2 cm³/mol. The molecule has 1 aromatic heterocycles. The normalized spacial score (nSPS) is 16.2. The first-order chi connectivity index (χ1) is 12.0. The van der Waals surface area contributed by atoms with Gasteiger partial charge in [0.2, 0.25) is 5.78 Å². The van der Waals surface area contributed by atoms with Gasteiger partial charge >= 0.3 is 0 Å². The molecular weight excluding hydrogens is 320 g/mol. The van der Waals surface area contributed by atoms with Gasteiger partial charge in [0, 0.05) is 31.3 Å². The summed E-state index contributed by atoms with van der Waals surface area (Å²) in [6, 6.07) is 6.36. The first-order valence-corrected chi connectivity index (χ1v) is 8.10.